The Bertz CT molecular complexity index is 562. The molecule has 1 aromatic rings. The van der Waals surface area contributed by atoms with Crippen LogP contribution in [0.1, 0.15) is 55.8 Å². The van der Waals surface area contributed by atoms with Crippen LogP contribution in [-0.2, 0) is 0 Å². The molecule has 4 aliphatic carbocycles. The van der Waals surface area contributed by atoms with Gasteiger partial charge in [0.15, 0.2) is 0 Å². The zero-order chi connectivity index (χ0) is 15.3. The van der Waals surface area contributed by atoms with E-state index >= 15 is 0 Å². The molecule has 1 aromatic carbocycles. The minimum absolute atomic E-state index is 0.136. The normalized spacial score (nSPS) is 37.1. The molecule has 4 fully saturated rings. The third-order valence-corrected chi connectivity index (χ3v) is 6.44. The molecule has 4 saturated carbocycles. The van der Waals surface area contributed by atoms with Gasteiger partial charge in [0.25, 0.3) is 5.91 Å². The number of amides is 1. The second-order valence-electron chi connectivity index (χ2n) is 7.99. The highest BCUT2D eigenvalue weighted by molar-refractivity contribution is 5.94. The van der Waals surface area contributed by atoms with Crippen molar-refractivity contribution in [2.45, 2.75) is 51.5 Å². The molecule has 0 heterocycles. The molecule has 1 atom stereocenters. The molecular weight excluding hydrogens is 277 g/mol. The van der Waals surface area contributed by atoms with Crippen molar-refractivity contribution in [3.63, 3.8) is 0 Å². The van der Waals surface area contributed by atoms with Crippen molar-refractivity contribution in [2.75, 3.05) is 0 Å². The van der Waals surface area contributed by atoms with Crippen molar-refractivity contribution in [2.24, 2.45) is 23.2 Å². The van der Waals surface area contributed by atoms with Crippen LogP contribution < -0.4 is 5.32 Å². The van der Waals surface area contributed by atoms with Gasteiger partial charge in [-0.1, -0.05) is 6.07 Å². The van der Waals surface area contributed by atoms with Crippen LogP contribution in [0.2, 0.25) is 0 Å². The first-order valence-electron chi connectivity index (χ1n) is 8.60. The summed E-state index contributed by atoms with van der Waals surface area (Å²) >= 11 is 0. The van der Waals surface area contributed by atoms with Crippen LogP contribution in [0.3, 0.4) is 0 Å². The predicted molar refractivity (Wildman–Crippen MR) is 83.9 cm³/mol. The first-order chi connectivity index (χ1) is 10.5. The van der Waals surface area contributed by atoms with E-state index in [1.165, 1.54) is 50.7 Å². The minimum Gasteiger partial charge on any atom is -0.349 e. The van der Waals surface area contributed by atoms with Gasteiger partial charge in [-0.2, -0.15) is 0 Å². The van der Waals surface area contributed by atoms with Crippen molar-refractivity contribution in [3.05, 3.63) is 35.6 Å². The third-order valence-electron chi connectivity index (χ3n) is 6.44. The van der Waals surface area contributed by atoms with Gasteiger partial charge in [-0.25, -0.2) is 4.39 Å². The molecule has 5 rings (SSSR count). The van der Waals surface area contributed by atoms with Crippen LogP contribution in [0.4, 0.5) is 4.39 Å². The Morgan fingerprint density at radius 1 is 1.18 bits per heavy atom. The molecule has 22 heavy (non-hydrogen) atoms. The van der Waals surface area contributed by atoms with Gasteiger partial charge in [0.2, 0.25) is 0 Å². The summed E-state index contributed by atoms with van der Waals surface area (Å²) in [6.07, 6.45) is 8.02. The highest BCUT2D eigenvalue weighted by Crippen LogP contribution is 2.61. The zero-order valence-electron chi connectivity index (χ0n) is 13.1. The summed E-state index contributed by atoms with van der Waals surface area (Å²) < 4.78 is 13.3. The lowest BCUT2D eigenvalue weighted by atomic mass is 9.48. The molecule has 118 valence electrons. The van der Waals surface area contributed by atoms with Crippen LogP contribution in [0.25, 0.3) is 0 Å². The van der Waals surface area contributed by atoms with Crippen LogP contribution in [0, 0.1) is 29.0 Å². The molecule has 4 aliphatic rings. The monoisotopic (exact) mass is 301 g/mol. The van der Waals surface area contributed by atoms with E-state index in [1.54, 1.807) is 12.1 Å². The first-order valence-corrected chi connectivity index (χ1v) is 8.60. The SMILES string of the molecule is C[C@H](NC(=O)c1cccc(F)c1)C12CC3CC(CC(C3)C1)C2. The number of rotatable bonds is 3. The number of halogens is 1. The summed E-state index contributed by atoms with van der Waals surface area (Å²) in [5, 5.41) is 3.17. The summed E-state index contributed by atoms with van der Waals surface area (Å²) in [6.45, 7) is 2.16. The molecule has 2 nitrogen and oxygen atoms in total. The number of carbonyl (C=O) groups excluding carboxylic acids is 1. The number of hydrogen-bond donors (Lipinski definition) is 1. The summed E-state index contributed by atoms with van der Waals surface area (Å²) in [6, 6.07) is 6.16. The topological polar surface area (TPSA) is 29.1 Å². The van der Waals surface area contributed by atoms with Crippen LogP contribution in [-0.4, -0.2) is 11.9 Å². The zero-order valence-corrected chi connectivity index (χ0v) is 13.1. The van der Waals surface area contributed by atoms with E-state index in [1.807, 2.05) is 0 Å². The Hall–Kier alpha value is -1.38. The molecule has 4 bridgehead atoms. The van der Waals surface area contributed by atoms with E-state index in [2.05, 4.69) is 12.2 Å². The Morgan fingerprint density at radius 3 is 2.32 bits per heavy atom. The lowest BCUT2D eigenvalue weighted by Gasteiger charge is -2.59. The van der Waals surface area contributed by atoms with Crippen molar-refractivity contribution in [3.8, 4) is 0 Å². The van der Waals surface area contributed by atoms with Crippen LogP contribution in [0.5, 0.6) is 0 Å². The van der Waals surface area contributed by atoms with Gasteiger partial charge < -0.3 is 5.32 Å². The van der Waals surface area contributed by atoms with Crippen molar-refractivity contribution in [1.82, 2.24) is 5.32 Å². The maximum atomic E-state index is 13.3. The molecule has 0 radical (unpaired) electrons. The lowest BCUT2D eigenvalue weighted by Crippen LogP contribution is -2.55. The van der Waals surface area contributed by atoms with E-state index in [0.29, 0.717) is 5.56 Å². The quantitative estimate of drug-likeness (QED) is 0.892. The fourth-order valence-electron chi connectivity index (χ4n) is 5.77. The average Bonchev–Trinajstić information content (AvgIpc) is 2.45. The Kier molecular flexibility index (Phi) is 3.28. The molecule has 1 amide bonds. The van der Waals surface area contributed by atoms with Gasteiger partial charge in [0, 0.05) is 11.6 Å². The summed E-state index contributed by atoms with van der Waals surface area (Å²) in [7, 11) is 0. The Morgan fingerprint density at radius 2 is 1.77 bits per heavy atom. The molecule has 0 spiro atoms. The summed E-state index contributed by atoms with van der Waals surface area (Å²) in [5.41, 5.74) is 0.717. The van der Waals surface area contributed by atoms with E-state index in [4.69, 9.17) is 0 Å². The molecule has 1 N–H and O–H groups in total. The van der Waals surface area contributed by atoms with E-state index in [9.17, 15) is 9.18 Å². The Balaban J connectivity index is 1.50. The second-order valence-corrected chi connectivity index (χ2v) is 7.99. The van der Waals surface area contributed by atoms with Crippen LogP contribution >= 0.6 is 0 Å². The van der Waals surface area contributed by atoms with Crippen molar-refractivity contribution < 1.29 is 9.18 Å². The number of nitrogens with one attached hydrogen (secondary N) is 1. The smallest absolute Gasteiger partial charge is 0.251 e. The predicted octanol–water partition coefficient (Wildman–Crippen LogP) is 4.16. The van der Waals surface area contributed by atoms with Gasteiger partial charge in [-0.15, -0.1) is 0 Å². The molecule has 0 unspecified atom stereocenters. The number of hydrogen-bond acceptors (Lipinski definition) is 1. The minimum atomic E-state index is -0.352. The van der Waals surface area contributed by atoms with Gasteiger partial charge in [-0.3, -0.25) is 4.79 Å². The van der Waals surface area contributed by atoms with Gasteiger partial charge in [0.1, 0.15) is 5.82 Å². The number of benzene rings is 1. The molecule has 0 saturated heterocycles. The fourth-order valence-corrected chi connectivity index (χ4v) is 5.77. The number of carbonyl (C=O) groups is 1. The molecule has 0 aliphatic heterocycles. The third kappa shape index (κ3) is 2.35. The van der Waals surface area contributed by atoms with E-state index in [0.717, 1.165) is 17.8 Å². The lowest BCUT2D eigenvalue weighted by molar-refractivity contribution is -0.0688. The van der Waals surface area contributed by atoms with E-state index < -0.39 is 0 Å². The largest absolute Gasteiger partial charge is 0.349 e. The maximum absolute atomic E-state index is 13.3. The second kappa shape index (κ2) is 5.07. The van der Waals surface area contributed by atoms with E-state index in [-0.39, 0.29) is 23.2 Å². The molecule has 0 aromatic heterocycles. The van der Waals surface area contributed by atoms with Crippen molar-refractivity contribution >= 4 is 5.91 Å². The van der Waals surface area contributed by atoms with Gasteiger partial charge >= 0.3 is 0 Å². The first kappa shape index (κ1) is 14.2. The average molecular weight is 301 g/mol. The Labute approximate surface area is 131 Å². The van der Waals surface area contributed by atoms with Gasteiger partial charge in [-0.05, 0) is 86.8 Å². The highest BCUT2D eigenvalue weighted by Gasteiger charge is 2.53. The highest BCUT2D eigenvalue weighted by atomic mass is 19.1. The van der Waals surface area contributed by atoms with Crippen LogP contribution in [0.15, 0.2) is 24.3 Å². The molecular formula is C19H24FNO. The standard InChI is InChI=1S/C19H24FNO/c1-12(21-18(22)16-3-2-4-17(20)8-16)19-9-13-5-14(10-19)7-15(6-13)11-19/h2-4,8,12-15H,5-7,9-11H2,1H3,(H,21,22)/t12-,13?,14?,15?,19?/m0/s1. The summed E-state index contributed by atoms with van der Waals surface area (Å²) in [4.78, 5) is 12.4. The maximum Gasteiger partial charge on any atom is 0.251 e. The summed E-state index contributed by atoms with van der Waals surface area (Å²) in [5.74, 6) is 2.14. The fraction of sp³-hybridized carbons (Fsp3) is 0.632. The van der Waals surface area contributed by atoms with Crippen molar-refractivity contribution in [1.29, 1.82) is 0 Å². The van der Waals surface area contributed by atoms with Gasteiger partial charge in [0.05, 0.1) is 0 Å². The molecule has 3 heteroatoms.